The van der Waals surface area contributed by atoms with E-state index in [1.165, 1.54) is 55.4 Å². The molecule has 3 heteroatoms. The summed E-state index contributed by atoms with van der Waals surface area (Å²) in [5.41, 5.74) is 1.22. The second kappa shape index (κ2) is 5.48. The van der Waals surface area contributed by atoms with Gasteiger partial charge in [0.25, 0.3) is 0 Å². The van der Waals surface area contributed by atoms with E-state index in [1.54, 1.807) is 0 Å². The van der Waals surface area contributed by atoms with Crippen LogP contribution in [0.25, 0.3) is 0 Å². The van der Waals surface area contributed by atoms with Crippen molar-refractivity contribution in [3.63, 3.8) is 0 Å². The second-order valence-electron chi connectivity index (χ2n) is 4.69. The molecule has 0 saturated heterocycles. The Bertz CT molecular complexity index is 349. The van der Waals surface area contributed by atoms with Crippen LogP contribution in [0.4, 0.5) is 0 Å². The Labute approximate surface area is 100 Å². The van der Waals surface area contributed by atoms with E-state index >= 15 is 0 Å². The van der Waals surface area contributed by atoms with Crippen molar-refractivity contribution in [2.75, 3.05) is 0 Å². The van der Waals surface area contributed by atoms with E-state index in [0.29, 0.717) is 4.88 Å². The molecule has 0 radical (unpaired) electrons. The summed E-state index contributed by atoms with van der Waals surface area (Å²) in [6.45, 7) is 0. The molecule has 1 saturated carbocycles. The molecular formula is C13H18O2S. The maximum atomic E-state index is 10.8. The first-order chi connectivity index (χ1) is 7.75. The molecule has 0 amide bonds. The Balaban J connectivity index is 1.94. The van der Waals surface area contributed by atoms with Gasteiger partial charge in [0, 0.05) is 0 Å². The zero-order valence-corrected chi connectivity index (χ0v) is 10.3. The number of carboxylic acids is 1. The summed E-state index contributed by atoms with van der Waals surface area (Å²) in [4.78, 5) is 11.2. The summed E-state index contributed by atoms with van der Waals surface area (Å²) < 4.78 is 0. The SMILES string of the molecule is O=C(O)c1cc(CC2CCCCCC2)cs1. The lowest BCUT2D eigenvalue weighted by Gasteiger charge is -2.12. The molecule has 1 aliphatic carbocycles. The molecule has 0 aromatic carbocycles. The van der Waals surface area contributed by atoms with Crippen LogP contribution in [0, 0.1) is 5.92 Å². The Morgan fingerprint density at radius 3 is 2.56 bits per heavy atom. The number of carboxylic acid groups (broad SMARTS) is 1. The minimum Gasteiger partial charge on any atom is -0.477 e. The van der Waals surface area contributed by atoms with Gasteiger partial charge in [-0.3, -0.25) is 0 Å². The van der Waals surface area contributed by atoms with Gasteiger partial charge in [0.05, 0.1) is 0 Å². The van der Waals surface area contributed by atoms with Gasteiger partial charge in [0.1, 0.15) is 4.88 Å². The third kappa shape index (κ3) is 3.08. The van der Waals surface area contributed by atoms with E-state index in [4.69, 9.17) is 5.11 Å². The zero-order chi connectivity index (χ0) is 11.4. The van der Waals surface area contributed by atoms with Crippen LogP contribution in [0.1, 0.15) is 53.8 Å². The first-order valence-electron chi connectivity index (χ1n) is 6.06. The van der Waals surface area contributed by atoms with Crippen molar-refractivity contribution >= 4 is 17.3 Å². The van der Waals surface area contributed by atoms with Crippen molar-refractivity contribution in [2.24, 2.45) is 5.92 Å². The fourth-order valence-electron chi connectivity index (χ4n) is 2.50. The van der Waals surface area contributed by atoms with E-state index in [-0.39, 0.29) is 0 Å². The van der Waals surface area contributed by atoms with Crippen molar-refractivity contribution in [1.29, 1.82) is 0 Å². The van der Waals surface area contributed by atoms with E-state index in [0.717, 1.165) is 12.3 Å². The largest absolute Gasteiger partial charge is 0.477 e. The molecule has 1 aromatic heterocycles. The minimum absolute atomic E-state index is 0.476. The van der Waals surface area contributed by atoms with Crippen molar-refractivity contribution in [3.05, 3.63) is 21.9 Å². The zero-order valence-electron chi connectivity index (χ0n) is 9.45. The molecule has 0 unspecified atom stereocenters. The molecule has 1 heterocycles. The highest BCUT2D eigenvalue weighted by atomic mass is 32.1. The van der Waals surface area contributed by atoms with Crippen LogP contribution in [0.2, 0.25) is 0 Å². The van der Waals surface area contributed by atoms with Gasteiger partial charge in [-0.1, -0.05) is 38.5 Å². The summed E-state index contributed by atoms with van der Waals surface area (Å²) in [7, 11) is 0. The molecule has 0 atom stereocenters. The van der Waals surface area contributed by atoms with Crippen molar-refractivity contribution < 1.29 is 9.90 Å². The Morgan fingerprint density at radius 1 is 1.31 bits per heavy atom. The van der Waals surface area contributed by atoms with Crippen LogP contribution in [-0.4, -0.2) is 11.1 Å². The summed E-state index contributed by atoms with van der Waals surface area (Å²) in [5, 5.41) is 10.9. The average molecular weight is 238 g/mol. The molecule has 2 rings (SSSR count). The maximum Gasteiger partial charge on any atom is 0.345 e. The predicted octanol–water partition coefficient (Wildman–Crippen LogP) is 3.96. The summed E-state index contributed by atoms with van der Waals surface area (Å²) in [5.74, 6) is -0.0177. The quantitative estimate of drug-likeness (QED) is 0.809. The number of thiophene rings is 1. The highest BCUT2D eigenvalue weighted by Gasteiger charge is 2.14. The van der Waals surface area contributed by atoms with Gasteiger partial charge in [-0.25, -0.2) is 4.79 Å². The molecule has 16 heavy (non-hydrogen) atoms. The number of rotatable bonds is 3. The molecule has 0 aliphatic heterocycles. The first kappa shape index (κ1) is 11.6. The van der Waals surface area contributed by atoms with Crippen LogP contribution < -0.4 is 0 Å². The molecule has 2 nitrogen and oxygen atoms in total. The standard InChI is InChI=1S/C13H18O2S/c14-13(15)12-8-11(9-16-12)7-10-5-3-1-2-4-6-10/h8-10H,1-7H2,(H,14,15). The molecule has 1 aromatic rings. The van der Waals surface area contributed by atoms with E-state index in [2.05, 4.69) is 0 Å². The minimum atomic E-state index is -0.794. The van der Waals surface area contributed by atoms with Crippen molar-refractivity contribution in [1.82, 2.24) is 0 Å². The van der Waals surface area contributed by atoms with Crippen LogP contribution in [-0.2, 0) is 6.42 Å². The van der Waals surface area contributed by atoms with Crippen LogP contribution in [0.15, 0.2) is 11.4 Å². The third-order valence-corrected chi connectivity index (χ3v) is 4.33. The lowest BCUT2D eigenvalue weighted by molar-refractivity contribution is 0.0702. The summed E-state index contributed by atoms with van der Waals surface area (Å²) in [6, 6.07) is 1.85. The van der Waals surface area contributed by atoms with E-state index in [9.17, 15) is 4.79 Å². The third-order valence-electron chi connectivity index (χ3n) is 3.36. The number of hydrogen-bond acceptors (Lipinski definition) is 2. The van der Waals surface area contributed by atoms with Crippen molar-refractivity contribution in [3.8, 4) is 0 Å². The summed E-state index contributed by atoms with van der Waals surface area (Å²) in [6.07, 6.45) is 9.16. The highest BCUT2D eigenvalue weighted by Crippen LogP contribution is 2.27. The molecule has 1 aliphatic rings. The van der Waals surface area contributed by atoms with Gasteiger partial charge < -0.3 is 5.11 Å². The second-order valence-corrected chi connectivity index (χ2v) is 5.60. The summed E-state index contributed by atoms with van der Waals surface area (Å²) >= 11 is 1.35. The number of aromatic carboxylic acids is 1. The maximum absolute atomic E-state index is 10.8. The molecule has 88 valence electrons. The highest BCUT2D eigenvalue weighted by molar-refractivity contribution is 7.12. The van der Waals surface area contributed by atoms with Gasteiger partial charge in [-0.2, -0.15) is 0 Å². The normalized spacial score (nSPS) is 18.2. The Hall–Kier alpha value is -0.830. The number of hydrogen-bond donors (Lipinski definition) is 1. The van der Waals surface area contributed by atoms with Gasteiger partial charge in [0.2, 0.25) is 0 Å². The van der Waals surface area contributed by atoms with Gasteiger partial charge in [-0.15, -0.1) is 11.3 Å². The smallest absolute Gasteiger partial charge is 0.345 e. The lowest BCUT2D eigenvalue weighted by atomic mass is 9.94. The van der Waals surface area contributed by atoms with Crippen LogP contribution in [0.3, 0.4) is 0 Å². The molecule has 1 N–H and O–H groups in total. The molecule has 1 fully saturated rings. The molecule has 0 bridgehead atoms. The van der Waals surface area contributed by atoms with Crippen LogP contribution in [0.5, 0.6) is 0 Å². The first-order valence-corrected chi connectivity index (χ1v) is 6.94. The van der Waals surface area contributed by atoms with Gasteiger partial charge >= 0.3 is 5.97 Å². The fraction of sp³-hybridized carbons (Fsp3) is 0.615. The van der Waals surface area contributed by atoms with E-state index in [1.807, 2.05) is 11.4 Å². The number of carbonyl (C=O) groups is 1. The van der Waals surface area contributed by atoms with Gasteiger partial charge in [-0.05, 0) is 29.3 Å². The molecule has 0 spiro atoms. The average Bonchev–Trinajstić information content (AvgIpc) is 2.56. The Kier molecular flexibility index (Phi) is 3.99. The predicted molar refractivity (Wildman–Crippen MR) is 66.2 cm³/mol. The van der Waals surface area contributed by atoms with Crippen LogP contribution >= 0.6 is 11.3 Å². The topological polar surface area (TPSA) is 37.3 Å². The van der Waals surface area contributed by atoms with Crippen molar-refractivity contribution in [2.45, 2.75) is 44.9 Å². The fourth-order valence-corrected chi connectivity index (χ4v) is 3.26. The molecular weight excluding hydrogens is 220 g/mol. The van der Waals surface area contributed by atoms with E-state index < -0.39 is 5.97 Å². The Morgan fingerprint density at radius 2 is 2.00 bits per heavy atom. The lowest BCUT2D eigenvalue weighted by Crippen LogP contribution is -2.02. The van der Waals surface area contributed by atoms with Gasteiger partial charge in [0.15, 0.2) is 0 Å². The monoisotopic (exact) mass is 238 g/mol.